The molecule has 3 atom stereocenters. The Kier molecular flexibility index (Phi) is 6.97. The van der Waals surface area contributed by atoms with Crippen LogP contribution in [0.25, 0.3) is 0 Å². The fraction of sp³-hybridized carbons (Fsp3) is 0.941. The van der Waals surface area contributed by atoms with Crippen LogP contribution in [-0.4, -0.2) is 61.0 Å². The van der Waals surface area contributed by atoms with Crippen LogP contribution >= 0.6 is 12.4 Å². The summed E-state index contributed by atoms with van der Waals surface area (Å²) in [6.45, 7) is 8.97. The standard InChI is InChI=1S/C17H31N3O.ClH/c1-14-11-16(5-7-18-14)17(21)20-10-6-15(13-20)12-19-8-3-2-4-9-19;/h14-16,18H,2-13H2,1H3;1H/t14-,15?,16-;/m0./s1. The van der Waals surface area contributed by atoms with Crippen LogP contribution in [0, 0.1) is 11.8 Å². The molecule has 5 heteroatoms. The van der Waals surface area contributed by atoms with Crippen LogP contribution < -0.4 is 5.32 Å². The summed E-state index contributed by atoms with van der Waals surface area (Å²) in [5, 5.41) is 3.44. The molecular formula is C17H32ClN3O. The van der Waals surface area contributed by atoms with Crippen molar-refractivity contribution >= 4 is 18.3 Å². The van der Waals surface area contributed by atoms with Gasteiger partial charge >= 0.3 is 0 Å². The summed E-state index contributed by atoms with van der Waals surface area (Å²) in [4.78, 5) is 17.5. The van der Waals surface area contributed by atoms with Crippen molar-refractivity contribution in [3.63, 3.8) is 0 Å². The van der Waals surface area contributed by atoms with Crippen molar-refractivity contribution in [2.75, 3.05) is 39.3 Å². The fourth-order valence-corrected chi connectivity index (χ4v) is 4.30. The van der Waals surface area contributed by atoms with Gasteiger partial charge in [-0.25, -0.2) is 0 Å². The van der Waals surface area contributed by atoms with Crippen molar-refractivity contribution in [2.24, 2.45) is 11.8 Å². The second-order valence-corrected chi connectivity index (χ2v) is 7.38. The second-order valence-electron chi connectivity index (χ2n) is 7.38. The fourth-order valence-electron chi connectivity index (χ4n) is 4.30. The lowest BCUT2D eigenvalue weighted by atomic mass is 9.92. The van der Waals surface area contributed by atoms with Gasteiger partial charge in [0.25, 0.3) is 0 Å². The smallest absolute Gasteiger partial charge is 0.225 e. The highest BCUT2D eigenvalue weighted by Crippen LogP contribution is 2.25. The van der Waals surface area contributed by atoms with E-state index in [1.54, 1.807) is 0 Å². The van der Waals surface area contributed by atoms with E-state index in [4.69, 9.17) is 0 Å². The minimum atomic E-state index is 0. The highest BCUT2D eigenvalue weighted by molar-refractivity contribution is 5.85. The summed E-state index contributed by atoms with van der Waals surface area (Å²) < 4.78 is 0. The Morgan fingerprint density at radius 1 is 1.14 bits per heavy atom. The van der Waals surface area contributed by atoms with Crippen molar-refractivity contribution in [3.8, 4) is 0 Å². The quantitative estimate of drug-likeness (QED) is 0.861. The Hall–Kier alpha value is -0.320. The molecule has 4 nitrogen and oxygen atoms in total. The van der Waals surface area contributed by atoms with Crippen LogP contribution in [0.2, 0.25) is 0 Å². The van der Waals surface area contributed by atoms with Crippen LogP contribution in [0.4, 0.5) is 0 Å². The van der Waals surface area contributed by atoms with Crippen molar-refractivity contribution in [2.45, 2.75) is 51.5 Å². The van der Waals surface area contributed by atoms with Gasteiger partial charge in [0.05, 0.1) is 0 Å². The summed E-state index contributed by atoms with van der Waals surface area (Å²) in [6.07, 6.45) is 7.38. The molecule has 1 N–H and O–H groups in total. The first-order valence-electron chi connectivity index (χ1n) is 8.97. The van der Waals surface area contributed by atoms with E-state index >= 15 is 0 Å². The summed E-state index contributed by atoms with van der Waals surface area (Å²) in [5.41, 5.74) is 0. The molecule has 1 amide bonds. The van der Waals surface area contributed by atoms with Crippen molar-refractivity contribution < 1.29 is 4.79 Å². The maximum Gasteiger partial charge on any atom is 0.225 e. The van der Waals surface area contributed by atoms with E-state index in [9.17, 15) is 4.79 Å². The van der Waals surface area contributed by atoms with E-state index in [0.29, 0.717) is 17.9 Å². The summed E-state index contributed by atoms with van der Waals surface area (Å²) in [7, 11) is 0. The zero-order chi connectivity index (χ0) is 14.7. The molecule has 0 radical (unpaired) electrons. The van der Waals surface area contributed by atoms with Gasteiger partial charge in [-0.15, -0.1) is 12.4 Å². The molecule has 0 aromatic rings. The van der Waals surface area contributed by atoms with Gasteiger partial charge in [-0.1, -0.05) is 6.42 Å². The van der Waals surface area contributed by atoms with E-state index < -0.39 is 0 Å². The summed E-state index contributed by atoms with van der Waals surface area (Å²) >= 11 is 0. The van der Waals surface area contributed by atoms with Crippen LogP contribution in [0.5, 0.6) is 0 Å². The molecule has 128 valence electrons. The van der Waals surface area contributed by atoms with Gasteiger partial charge in [0.15, 0.2) is 0 Å². The van der Waals surface area contributed by atoms with Gasteiger partial charge in [0.2, 0.25) is 5.91 Å². The molecule has 0 aromatic heterocycles. The molecule has 3 rings (SSSR count). The lowest BCUT2D eigenvalue weighted by Gasteiger charge is -2.31. The monoisotopic (exact) mass is 329 g/mol. The maximum absolute atomic E-state index is 12.7. The topological polar surface area (TPSA) is 35.6 Å². The number of carbonyl (C=O) groups is 1. The molecule has 3 aliphatic rings. The first-order chi connectivity index (χ1) is 10.2. The Morgan fingerprint density at radius 3 is 2.64 bits per heavy atom. The highest BCUT2D eigenvalue weighted by atomic mass is 35.5. The average molecular weight is 330 g/mol. The maximum atomic E-state index is 12.7. The van der Waals surface area contributed by atoms with E-state index in [1.165, 1.54) is 45.3 Å². The second kappa shape index (κ2) is 8.51. The number of hydrogen-bond acceptors (Lipinski definition) is 3. The largest absolute Gasteiger partial charge is 0.342 e. The Morgan fingerprint density at radius 2 is 1.91 bits per heavy atom. The van der Waals surface area contributed by atoms with Crippen molar-refractivity contribution in [3.05, 3.63) is 0 Å². The number of piperidine rings is 2. The summed E-state index contributed by atoms with van der Waals surface area (Å²) in [6, 6.07) is 0.499. The number of nitrogens with zero attached hydrogens (tertiary/aromatic N) is 2. The number of carbonyl (C=O) groups excluding carboxylic acids is 1. The lowest BCUT2D eigenvalue weighted by Crippen LogP contribution is -2.44. The van der Waals surface area contributed by atoms with E-state index in [-0.39, 0.29) is 18.3 Å². The Bertz CT molecular complexity index is 360. The first kappa shape index (κ1) is 18.0. The van der Waals surface area contributed by atoms with Gasteiger partial charge in [-0.3, -0.25) is 4.79 Å². The molecular weight excluding hydrogens is 298 g/mol. The highest BCUT2D eigenvalue weighted by Gasteiger charge is 2.33. The van der Waals surface area contributed by atoms with Gasteiger partial charge in [0.1, 0.15) is 0 Å². The molecule has 22 heavy (non-hydrogen) atoms. The average Bonchev–Trinajstić information content (AvgIpc) is 2.96. The van der Waals surface area contributed by atoms with Crippen LogP contribution in [0.1, 0.15) is 45.4 Å². The van der Waals surface area contributed by atoms with E-state index in [0.717, 1.165) is 32.5 Å². The lowest BCUT2D eigenvalue weighted by molar-refractivity contribution is -0.135. The Balaban J connectivity index is 0.00000176. The van der Waals surface area contributed by atoms with Gasteiger partial charge in [-0.2, -0.15) is 0 Å². The van der Waals surface area contributed by atoms with Gasteiger partial charge in [0, 0.05) is 31.6 Å². The Labute approximate surface area is 141 Å². The van der Waals surface area contributed by atoms with E-state index in [2.05, 4.69) is 22.0 Å². The van der Waals surface area contributed by atoms with Gasteiger partial charge < -0.3 is 15.1 Å². The molecule has 1 unspecified atom stereocenters. The predicted molar refractivity (Wildman–Crippen MR) is 92.4 cm³/mol. The number of rotatable bonds is 3. The van der Waals surface area contributed by atoms with E-state index in [1.807, 2.05) is 0 Å². The predicted octanol–water partition coefficient (Wildman–Crippen LogP) is 2.13. The number of likely N-dealkylation sites (tertiary alicyclic amines) is 2. The minimum absolute atomic E-state index is 0. The van der Waals surface area contributed by atoms with Crippen LogP contribution in [0.15, 0.2) is 0 Å². The molecule has 0 aromatic carbocycles. The number of halogens is 1. The van der Waals surface area contributed by atoms with Crippen molar-refractivity contribution in [1.82, 2.24) is 15.1 Å². The molecule has 0 saturated carbocycles. The van der Waals surface area contributed by atoms with Gasteiger partial charge in [-0.05, 0) is 64.6 Å². The third-order valence-electron chi connectivity index (χ3n) is 5.54. The SMILES string of the molecule is C[C@H]1C[C@@H](C(=O)N2CCC(CN3CCCCC3)C2)CCN1.Cl. The molecule has 3 fully saturated rings. The molecule has 0 bridgehead atoms. The molecule has 0 spiro atoms. The third-order valence-corrected chi connectivity index (χ3v) is 5.54. The van der Waals surface area contributed by atoms with Crippen LogP contribution in [0.3, 0.4) is 0 Å². The molecule has 0 aliphatic carbocycles. The number of nitrogens with one attached hydrogen (secondary N) is 1. The molecule has 3 aliphatic heterocycles. The molecule has 3 heterocycles. The minimum Gasteiger partial charge on any atom is -0.342 e. The van der Waals surface area contributed by atoms with Crippen LogP contribution in [-0.2, 0) is 4.79 Å². The zero-order valence-corrected chi connectivity index (χ0v) is 14.7. The third kappa shape index (κ3) is 4.59. The molecule has 3 saturated heterocycles. The number of hydrogen-bond donors (Lipinski definition) is 1. The van der Waals surface area contributed by atoms with Crippen molar-refractivity contribution in [1.29, 1.82) is 0 Å². The zero-order valence-electron chi connectivity index (χ0n) is 13.9. The normalized spacial score (nSPS) is 33.5. The number of amides is 1. The summed E-state index contributed by atoms with van der Waals surface area (Å²) in [5.74, 6) is 1.42. The first-order valence-corrected chi connectivity index (χ1v) is 8.97.